The smallest absolute Gasteiger partial charge is 0.256 e. The van der Waals surface area contributed by atoms with Gasteiger partial charge in [-0.1, -0.05) is 60.7 Å². The molecule has 130 valence electrons. The Morgan fingerprint density at radius 1 is 0.750 bits per heavy atom. The van der Waals surface area contributed by atoms with Gasteiger partial charge < -0.3 is 9.30 Å². The number of hydrogen-bond acceptors (Lipinski definition) is 1. The van der Waals surface area contributed by atoms with Gasteiger partial charge in [-0.25, -0.2) is 0 Å². The maximum atomic E-state index is 6.44. The molecule has 1 aromatic heterocycles. The van der Waals surface area contributed by atoms with Crippen molar-refractivity contribution in [3.63, 3.8) is 0 Å². The average Bonchev–Trinajstić information content (AvgIpc) is 3.07. The molecule has 0 unspecified atom stereocenters. The maximum Gasteiger partial charge on any atom is 0.256 e. The number of rotatable bonds is 0. The van der Waals surface area contributed by atoms with Crippen molar-refractivity contribution in [2.24, 2.45) is 0 Å². The minimum Gasteiger partial charge on any atom is -0.458 e. The number of fused-ring (bicyclic) bond motifs is 7. The zero-order valence-electron chi connectivity index (χ0n) is 15.4. The Morgan fingerprint density at radius 3 is 2.50 bits per heavy atom. The van der Waals surface area contributed by atoms with Crippen molar-refractivity contribution in [2.45, 2.75) is 6.92 Å². The first-order chi connectivity index (χ1) is 13.8. The quantitative estimate of drug-likeness (QED) is 0.374. The van der Waals surface area contributed by atoms with E-state index in [1.54, 1.807) is 0 Å². The molecule has 0 spiro atoms. The fourth-order valence-corrected chi connectivity index (χ4v) is 5.27. The van der Waals surface area contributed by atoms with E-state index in [4.69, 9.17) is 4.74 Å². The summed E-state index contributed by atoms with van der Waals surface area (Å²) >= 11 is 0. The van der Waals surface area contributed by atoms with Crippen LogP contribution in [0.5, 0.6) is 11.5 Å². The largest absolute Gasteiger partial charge is 0.458 e. The highest BCUT2D eigenvalue weighted by Crippen LogP contribution is 2.37. The molecule has 3 heteroatoms. The molecule has 2 nitrogen and oxygen atoms in total. The Balaban J connectivity index is 1.75. The number of ether oxygens (including phenoxy) is 1. The van der Waals surface area contributed by atoms with Gasteiger partial charge in [0.25, 0.3) is 6.71 Å². The molecule has 0 N–H and O–H groups in total. The van der Waals surface area contributed by atoms with Crippen LogP contribution in [0.3, 0.4) is 0 Å². The van der Waals surface area contributed by atoms with E-state index in [1.807, 2.05) is 0 Å². The Morgan fingerprint density at radius 2 is 1.54 bits per heavy atom. The number of aryl methyl sites for hydroxylation is 1. The molecule has 0 radical (unpaired) electrons. The number of hydrogen-bond donors (Lipinski definition) is 0. The molecule has 5 aromatic rings. The van der Waals surface area contributed by atoms with Gasteiger partial charge in [-0.05, 0) is 47.1 Å². The summed E-state index contributed by atoms with van der Waals surface area (Å²) in [5.74, 6) is 1.99. The normalized spacial score (nSPS) is 13.4. The van der Waals surface area contributed by atoms with Crippen LogP contribution in [0.25, 0.3) is 27.5 Å². The van der Waals surface area contributed by atoms with Crippen molar-refractivity contribution < 1.29 is 4.74 Å². The predicted molar refractivity (Wildman–Crippen MR) is 117 cm³/mol. The Bertz CT molecular complexity index is 1460. The lowest BCUT2D eigenvalue weighted by Crippen LogP contribution is -2.58. The third-order valence-electron chi connectivity index (χ3n) is 6.38. The standard InChI is InChI=1S/C25H16BNO/c1-15-7-4-11-19-25(15)28-22-14-6-13-21-23(22)26(19)18-10-5-9-17-16-8-2-3-12-20(16)27(21)24(17)18/h2-14H,1H3. The van der Waals surface area contributed by atoms with E-state index >= 15 is 0 Å². The van der Waals surface area contributed by atoms with E-state index in [-0.39, 0.29) is 6.71 Å². The van der Waals surface area contributed by atoms with Gasteiger partial charge in [-0.2, -0.15) is 0 Å². The van der Waals surface area contributed by atoms with Crippen LogP contribution in [0.15, 0.2) is 78.9 Å². The zero-order valence-corrected chi connectivity index (χ0v) is 15.4. The van der Waals surface area contributed by atoms with E-state index in [9.17, 15) is 0 Å². The summed E-state index contributed by atoms with van der Waals surface area (Å²) < 4.78 is 8.87. The molecular formula is C25H16BNO. The molecule has 28 heavy (non-hydrogen) atoms. The second-order valence-corrected chi connectivity index (χ2v) is 7.81. The summed E-state index contributed by atoms with van der Waals surface area (Å²) in [6.07, 6.45) is 0. The average molecular weight is 357 g/mol. The molecule has 3 heterocycles. The van der Waals surface area contributed by atoms with Gasteiger partial charge >= 0.3 is 0 Å². The monoisotopic (exact) mass is 357 g/mol. The molecule has 0 saturated heterocycles. The lowest BCUT2D eigenvalue weighted by atomic mass is 9.34. The Kier molecular flexibility index (Phi) is 2.54. The fourth-order valence-electron chi connectivity index (χ4n) is 5.27. The topological polar surface area (TPSA) is 14.2 Å². The summed E-state index contributed by atoms with van der Waals surface area (Å²) in [5, 5.41) is 2.63. The number of para-hydroxylation sites is 3. The highest BCUT2D eigenvalue weighted by Gasteiger charge is 2.40. The minimum atomic E-state index is 0.204. The highest BCUT2D eigenvalue weighted by molar-refractivity contribution is 6.99. The first-order valence-electron chi connectivity index (χ1n) is 9.75. The Hall–Kier alpha value is -3.46. The first kappa shape index (κ1) is 14.6. The molecule has 0 saturated carbocycles. The molecule has 0 aliphatic carbocycles. The van der Waals surface area contributed by atoms with E-state index < -0.39 is 0 Å². The molecular weight excluding hydrogens is 341 g/mol. The van der Waals surface area contributed by atoms with Crippen LogP contribution < -0.4 is 21.1 Å². The summed E-state index contributed by atoms with van der Waals surface area (Å²) in [5.41, 5.74) is 8.92. The molecule has 4 aromatic carbocycles. The predicted octanol–water partition coefficient (Wildman–Crippen LogP) is 4.03. The minimum absolute atomic E-state index is 0.204. The summed E-state index contributed by atoms with van der Waals surface area (Å²) in [6, 6.07) is 28.4. The van der Waals surface area contributed by atoms with Crippen LogP contribution in [0.1, 0.15) is 5.56 Å². The maximum absolute atomic E-state index is 6.44. The molecule has 0 amide bonds. The van der Waals surface area contributed by atoms with Crippen LogP contribution in [0, 0.1) is 6.92 Å². The van der Waals surface area contributed by atoms with E-state index in [1.165, 1.54) is 49.4 Å². The van der Waals surface area contributed by atoms with E-state index in [2.05, 4.69) is 90.4 Å². The molecule has 0 fully saturated rings. The third-order valence-corrected chi connectivity index (χ3v) is 6.38. The lowest BCUT2D eigenvalue weighted by molar-refractivity contribution is 0.483. The van der Waals surface area contributed by atoms with Crippen LogP contribution in [0.4, 0.5) is 0 Å². The second kappa shape index (κ2) is 4.88. The highest BCUT2D eigenvalue weighted by atomic mass is 16.5. The summed E-state index contributed by atoms with van der Waals surface area (Å²) in [6.45, 7) is 2.34. The Labute approximate surface area is 163 Å². The van der Waals surface area contributed by atoms with Gasteiger partial charge in [-0.15, -0.1) is 0 Å². The van der Waals surface area contributed by atoms with Crippen molar-refractivity contribution in [3.05, 3.63) is 84.4 Å². The van der Waals surface area contributed by atoms with Crippen molar-refractivity contribution in [1.29, 1.82) is 0 Å². The number of benzene rings is 4. The molecule has 2 aliphatic heterocycles. The van der Waals surface area contributed by atoms with Gasteiger partial charge in [0.05, 0.1) is 5.52 Å². The summed E-state index contributed by atoms with van der Waals surface area (Å²) in [7, 11) is 0. The number of nitrogens with zero attached hydrogens (tertiary/aromatic N) is 1. The molecule has 2 aliphatic rings. The van der Waals surface area contributed by atoms with Gasteiger partial charge in [0, 0.05) is 22.0 Å². The number of aromatic nitrogens is 1. The van der Waals surface area contributed by atoms with Crippen LogP contribution in [-0.2, 0) is 0 Å². The van der Waals surface area contributed by atoms with Gasteiger partial charge in [0.2, 0.25) is 0 Å². The summed E-state index contributed by atoms with van der Waals surface area (Å²) in [4.78, 5) is 0. The SMILES string of the molecule is Cc1cccc2c1Oc1cccc3c1B2c1cccc2c4ccccc4n-3c12. The fraction of sp³-hybridized carbons (Fsp3) is 0.0400. The van der Waals surface area contributed by atoms with Crippen molar-refractivity contribution in [2.75, 3.05) is 0 Å². The van der Waals surface area contributed by atoms with Crippen LogP contribution in [-0.4, -0.2) is 11.3 Å². The molecule has 7 rings (SSSR count). The van der Waals surface area contributed by atoms with Crippen molar-refractivity contribution >= 4 is 44.9 Å². The van der Waals surface area contributed by atoms with E-state index in [0.29, 0.717) is 0 Å². The first-order valence-corrected chi connectivity index (χ1v) is 9.75. The van der Waals surface area contributed by atoms with Crippen LogP contribution >= 0.6 is 0 Å². The van der Waals surface area contributed by atoms with Crippen molar-refractivity contribution in [1.82, 2.24) is 4.57 Å². The molecule has 0 bridgehead atoms. The lowest BCUT2D eigenvalue weighted by Gasteiger charge is -2.33. The van der Waals surface area contributed by atoms with Gasteiger partial charge in [0.15, 0.2) is 0 Å². The van der Waals surface area contributed by atoms with Crippen molar-refractivity contribution in [3.8, 4) is 17.2 Å². The van der Waals surface area contributed by atoms with Gasteiger partial charge in [-0.3, -0.25) is 0 Å². The second-order valence-electron chi connectivity index (χ2n) is 7.81. The van der Waals surface area contributed by atoms with Crippen LogP contribution in [0.2, 0.25) is 0 Å². The van der Waals surface area contributed by atoms with E-state index in [0.717, 1.165) is 11.5 Å². The van der Waals surface area contributed by atoms with Gasteiger partial charge in [0.1, 0.15) is 11.5 Å². The third kappa shape index (κ3) is 1.57. The zero-order chi connectivity index (χ0) is 18.4. The molecule has 0 atom stereocenters.